The fraction of sp³-hybridized carbons (Fsp3) is 0.167. The summed E-state index contributed by atoms with van der Waals surface area (Å²) in [7, 11) is 0. The molecule has 0 spiro atoms. The Hall–Kier alpha value is -1.99. The van der Waals surface area contributed by atoms with Gasteiger partial charge in [-0.3, -0.25) is 0 Å². The van der Waals surface area contributed by atoms with Gasteiger partial charge in [0.2, 0.25) is 0 Å². The third-order valence-corrected chi connectivity index (χ3v) is 3.11. The standard InChI is InChI=1S/C12H7BrF3N3/c1-7-10(13)2-9(12(14,15)16)3-11(7)19-6-8(4-17)5-18/h2-3,6,19H,1H3. The summed E-state index contributed by atoms with van der Waals surface area (Å²) in [6.07, 6.45) is -3.40. The van der Waals surface area contributed by atoms with E-state index in [1.54, 1.807) is 19.1 Å². The molecule has 1 aromatic rings. The van der Waals surface area contributed by atoms with E-state index in [0.29, 0.717) is 5.56 Å². The van der Waals surface area contributed by atoms with E-state index < -0.39 is 11.7 Å². The number of nitrogens with one attached hydrogen (secondary N) is 1. The third kappa shape index (κ3) is 3.73. The Morgan fingerprint density at radius 3 is 2.37 bits per heavy atom. The van der Waals surface area contributed by atoms with Crippen molar-refractivity contribution in [2.45, 2.75) is 13.1 Å². The molecule has 1 rings (SSSR count). The summed E-state index contributed by atoms with van der Waals surface area (Å²) in [6, 6.07) is 5.10. The van der Waals surface area contributed by atoms with Crippen LogP contribution < -0.4 is 5.32 Å². The summed E-state index contributed by atoms with van der Waals surface area (Å²) < 4.78 is 38.2. The van der Waals surface area contributed by atoms with Gasteiger partial charge >= 0.3 is 6.18 Å². The second-order valence-corrected chi connectivity index (χ2v) is 4.41. The van der Waals surface area contributed by atoms with Crippen molar-refractivity contribution in [3.63, 3.8) is 0 Å². The molecule has 0 saturated heterocycles. The minimum Gasteiger partial charge on any atom is -0.360 e. The molecule has 19 heavy (non-hydrogen) atoms. The number of alkyl halides is 3. The molecule has 0 aliphatic rings. The van der Waals surface area contributed by atoms with Gasteiger partial charge in [0.05, 0.1) is 5.56 Å². The molecule has 0 fully saturated rings. The van der Waals surface area contributed by atoms with Crippen LogP contribution in [0.4, 0.5) is 18.9 Å². The maximum atomic E-state index is 12.6. The molecule has 1 aromatic carbocycles. The Morgan fingerprint density at radius 2 is 1.89 bits per heavy atom. The molecule has 0 bridgehead atoms. The van der Waals surface area contributed by atoms with Crippen molar-refractivity contribution in [1.29, 1.82) is 10.5 Å². The molecule has 0 aliphatic heterocycles. The van der Waals surface area contributed by atoms with Crippen LogP contribution in [0.1, 0.15) is 11.1 Å². The SMILES string of the molecule is Cc1c(Br)cc(C(F)(F)F)cc1NC=C(C#N)C#N. The second-order valence-electron chi connectivity index (χ2n) is 3.55. The molecular weight excluding hydrogens is 323 g/mol. The van der Waals surface area contributed by atoms with Crippen molar-refractivity contribution in [2.75, 3.05) is 5.32 Å². The number of hydrogen-bond donors (Lipinski definition) is 1. The number of anilines is 1. The van der Waals surface area contributed by atoms with E-state index in [1.165, 1.54) is 0 Å². The normalized spacial score (nSPS) is 10.3. The number of allylic oxidation sites excluding steroid dienone is 1. The first-order valence-corrected chi connectivity index (χ1v) is 5.73. The second kappa shape index (κ2) is 5.77. The van der Waals surface area contributed by atoms with Gasteiger partial charge in [0.15, 0.2) is 0 Å². The molecule has 98 valence electrons. The summed E-state index contributed by atoms with van der Waals surface area (Å²) in [5.41, 5.74) is -0.339. The molecule has 0 amide bonds. The topological polar surface area (TPSA) is 59.6 Å². The molecular formula is C12H7BrF3N3. The van der Waals surface area contributed by atoms with Crippen LogP contribution in [0, 0.1) is 29.6 Å². The molecule has 0 unspecified atom stereocenters. The predicted molar refractivity (Wildman–Crippen MR) is 66.8 cm³/mol. The van der Waals surface area contributed by atoms with E-state index in [9.17, 15) is 13.2 Å². The maximum Gasteiger partial charge on any atom is 0.416 e. The van der Waals surface area contributed by atoms with Crippen molar-refractivity contribution in [1.82, 2.24) is 0 Å². The van der Waals surface area contributed by atoms with Gasteiger partial charge in [-0.15, -0.1) is 0 Å². The van der Waals surface area contributed by atoms with Crippen molar-refractivity contribution in [3.05, 3.63) is 39.5 Å². The predicted octanol–water partition coefficient (Wildman–Crippen LogP) is 4.12. The highest BCUT2D eigenvalue weighted by Crippen LogP contribution is 2.35. The number of nitrogens with zero attached hydrogens (tertiary/aromatic N) is 2. The van der Waals surface area contributed by atoms with Gasteiger partial charge in [0, 0.05) is 16.4 Å². The van der Waals surface area contributed by atoms with Gasteiger partial charge in [-0.05, 0) is 24.6 Å². The average Bonchev–Trinajstić information content (AvgIpc) is 2.33. The smallest absolute Gasteiger partial charge is 0.360 e. The van der Waals surface area contributed by atoms with Crippen LogP contribution in [0.2, 0.25) is 0 Å². The molecule has 0 aliphatic carbocycles. The third-order valence-electron chi connectivity index (χ3n) is 2.28. The molecule has 0 heterocycles. The van der Waals surface area contributed by atoms with Gasteiger partial charge in [0.25, 0.3) is 0 Å². The Labute approximate surface area is 116 Å². The lowest BCUT2D eigenvalue weighted by molar-refractivity contribution is -0.137. The largest absolute Gasteiger partial charge is 0.416 e. The molecule has 0 aromatic heterocycles. The summed E-state index contributed by atoms with van der Waals surface area (Å²) in [6.45, 7) is 1.61. The fourth-order valence-corrected chi connectivity index (χ4v) is 1.69. The summed E-state index contributed by atoms with van der Waals surface area (Å²) >= 11 is 3.04. The Bertz CT molecular complexity index is 590. The monoisotopic (exact) mass is 329 g/mol. The highest BCUT2D eigenvalue weighted by atomic mass is 79.9. The molecule has 1 N–H and O–H groups in total. The summed E-state index contributed by atoms with van der Waals surface area (Å²) in [4.78, 5) is 0. The lowest BCUT2D eigenvalue weighted by atomic mass is 10.1. The molecule has 0 saturated carbocycles. The quantitative estimate of drug-likeness (QED) is 0.830. The van der Waals surface area contributed by atoms with Gasteiger partial charge < -0.3 is 5.32 Å². The van der Waals surface area contributed by atoms with E-state index in [0.717, 1.165) is 18.3 Å². The fourth-order valence-electron chi connectivity index (χ4n) is 1.23. The maximum absolute atomic E-state index is 12.6. The molecule has 7 heteroatoms. The Morgan fingerprint density at radius 1 is 1.32 bits per heavy atom. The number of rotatable bonds is 2. The minimum absolute atomic E-state index is 0.171. The van der Waals surface area contributed by atoms with Crippen LogP contribution in [-0.2, 0) is 6.18 Å². The van der Waals surface area contributed by atoms with Crippen molar-refractivity contribution >= 4 is 21.6 Å². The lowest BCUT2D eigenvalue weighted by Crippen LogP contribution is -2.06. The minimum atomic E-state index is -4.47. The molecule has 0 atom stereocenters. The number of hydrogen-bond acceptors (Lipinski definition) is 3. The number of nitriles is 2. The van der Waals surface area contributed by atoms with Gasteiger partial charge in [0.1, 0.15) is 17.7 Å². The summed E-state index contributed by atoms with van der Waals surface area (Å²) in [5, 5.41) is 19.6. The van der Waals surface area contributed by atoms with Crippen LogP contribution in [-0.4, -0.2) is 0 Å². The van der Waals surface area contributed by atoms with Crippen LogP contribution in [0.25, 0.3) is 0 Å². The molecule has 0 radical (unpaired) electrons. The highest BCUT2D eigenvalue weighted by Gasteiger charge is 2.31. The van der Waals surface area contributed by atoms with Crippen molar-refractivity contribution in [3.8, 4) is 12.1 Å². The van der Waals surface area contributed by atoms with Crippen LogP contribution in [0.5, 0.6) is 0 Å². The number of halogens is 4. The van der Waals surface area contributed by atoms with E-state index in [2.05, 4.69) is 21.2 Å². The van der Waals surface area contributed by atoms with E-state index in [4.69, 9.17) is 10.5 Å². The zero-order valence-corrected chi connectivity index (χ0v) is 11.2. The molecule has 3 nitrogen and oxygen atoms in total. The Kier molecular flexibility index (Phi) is 4.57. The zero-order valence-electron chi connectivity index (χ0n) is 9.64. The van der Waals surface area contributed by atoms with Crippen LogP contribution in [0.15, 0.2) is 28.4 Å². The van der Waals surface area contributed by atoms with Gasteiger partial charge in [-0.2, -0.15) is 23.7 Å². The van der Waals surface area contributed by atoms with Crippen molar-refractivity contribution < 1.29 is 13.2 Å². The first-order chi connectivity index (χ1) is 8.79. The van der Waals surface area contributed by atoms with Crippen LogP contribution >= 0.6 is 15.9 Å². The zero-order chi connectivity index (χ0) is 14.6. The van der Waals surface area contributed by atoms with E-state index in [-0.39, 0.29) is 15.7 Å². The lowest BCUT2D eigenvalue weighted by Gasteiger charge is -2.13. The van der Waals surface area contributed by atoms with Gasteiger partial charge in [-0.25, -0.2) is 0 Å². The average molecular weight is 330 g/mol. The van der Waals surface area contributed by atoms with E-state index >= 15 is 0 Å². The highest BCUT2D eigenvalue weighted by molar-refractivity contribution is 9.10. The van der Waals surface area contributed by atoms with Crippen LogP contribution in [0.3, 0.4) is 0 Å². The first kappa shape index (κ1) is 15.1. The van der Waals surface area contributed by atoms with Crippen molar-refractivity contribution in [2.24, 2.45) is 0 Å². The number of benzene rings is 1. The first-order valence-electron chi connectivity index (χ1n) is 4.94. The van der Waals surface area contributed by atoms with E-state index in [1.807, 2.05) is 0 Å². The summed E-state index contributed by atoms with van der Waals surface area (Å²) in [5.74, 6) is 0. The Balaban J connectivity index is 3.23. The van der Waals surface area contributed by atoms with Gasteiger partial charge in [-0.1, -0.05) is 15.9 Å².